The van der Waals surface area contributed by atoms with Gasteiger partial charge in [0.2, 0.25) is 0 Å². The molecule has 1 heterocycles. The van der Waals surface area contributed by atoms with E-state index in [0.29, 0.717) is 11.5 Å². The maximum absolute atomic E-state index is 13.3. The second kappa shape index (κ2) is 5.32. The van der Waals surface area contributed by atoms with Crippen molar-refractivity contribution in [3.05, 3.63) is 46.6 Å². The Kier molecular flexibility index (Phi) is 3.74. The Hall–Kier alpha value is -2.37. The summed E-state index contributed by atoms with van der Waals surface area (Å²) in [7, 11) is 0. The number of anilines is 1. The first-order valence-electron chi connectivity index (χ1n) is 6.19. The molecule has 0 saturated heterocycles. The van der Waals surface area contributed by atoms with Crippen LogP contribution in [0.4, 0.5) is 10.1 Å². The highest BCUT2D eigenvalue weighted by Crippen LogP contribution is 2.22. The van der Waals surface area contributed by atoms with Gasteiger partial charge in [0, 0.05) is 5.56 Å². The van der Waals surface area contributed by atoms with Crippen molar-refractivity contribution in [2.45, 2.75) is 26.8 Å². The molecule has 1 unspecified atom stereocenters. The number of carbonyl (C=O) groups is 1. The molecule has 6 heteroatoms. The Morgan fingerprint density at radius 2 is 2.15 bits per heavy atom. The quantitative estimate of drug-likeness (QED) is 0.845. The van der Waals surface area contributed by atoms with Crippen LogP contribution in [0.2, 0.25) is 0 Å². The van der Waals surface area contributed by atoms with Gasteiger partial charge < -0.3 is 15.6 Å². The van der Waals surface area contributed by atoms with E-state index in [0.717, 1.165) is 5.56 Å². The van der Waals surface area contributed by atoms with E-state index in [1.54, 1.807) is 20.8 Å². The van der Waals surface area contributed by atoms with E-state index in [1.165, 1.54) is 18.2 Å². The fourth-order valence-electron chi connectivity index (χ4n) is 2.19. The van der Waals surface area contributed by atoms with Crippen molar-refractivity contribution in [3.8, 4) is 0 Å². The van der Waals surface area contributed by atoms with Gasteiger partial charge in [-0.25, -0.2) is 4.39 Å². The first-order valence-corrected chi connectivity index (χ1v) is 6.19. The molecule has 0 aliphatic carbocycles. The van der Waals surface area contributed by atoms with Gasteiger partial charge >= 0.3 is 0 Å². The Morgan fingerprint density at radius 1 is 1.45 bits per heavy atom. The number of aryl methyl sites for hydroxylation is 2. The Balaban J connectivity index is 2.22. The number of carbonyl (C=O) groups excluding carboxylic acids is 1. The number of amides is 1. The minimum Gasteiger partial charge on any atom is -0.396 e. The molecule has 1 amide bonds. The van der Waals surface area contributed by atoms with Gasteiger partial charge in [-0.3, -0.25) is 4.79 Å². The lowest BCUT2D eigenvalue weighted by molar-refractivity contribution is 0.0940. The Labute approximate surface area is 115 Å². The summed E-state index contributed by atoms with van der Waals surface area (Å²) in [6.07, 6.45) is 0. The van der Waals surface area contributed by atoms with Crippen molar-refractivity contribution < 1.29 is 13.7 Å². The molecule has 2 aromatic rings. The van der Waals surface area contributed by atoms with E-state index in [4.69, 9.17) is 10.3 Å². The van der Waals surface area contributed by atoms with Gasteiger partial charge in [0.1, 0.15) is 11.6 Å². The molecule has 0 radical (unpaired) electrons. The molecular formula is C14H16FN3O2. The van der Waals surface area contributed by atoms with Crippen LogP contribution in [0, 0.1) is 19.7 Å². The number of hydrogen-bond acceptors (Lipinski definition) is 4. The van der Waals surface area contributed by atoms with E-state index >= 15 is 0 Å². The molecule has 5 nitrogen and oxygen atoms in total. The van der Waals surface area contributed by atoms with Crippen molar-refractivity contribution >= 4 is 11.6 Å². The summed E-state index contributed by atoms with van der Waals surface area (Å²) < 4.78 is 18.4. The second-order valence-electron chi connectivity index (χ2n) is 4.63. The lowest BCUT2D eigenvalue weighted by Crippen LogP contribution is -2.28. The molecule has 2 rings (SSSR count). The average molecular weight is 277 g/mol. The molecule has 0 saturated carbocycles. The summed E-state index contributed by atoms with van der Waals surface area (Å²) in [6.45, 7) is 5.37. The predicted octanol–water partition coefficient (Wildman–Crippen LogP) is 2.50. The van der Waals surface area contributed by atoms with Crippen LogP contribution in [0.15, 0.2) is 22.7 Å². The van der Waals surface area contributed by atoms with Gasteiger partial charge in [-0.1, -0.05) is 11.2 Å². The fraction of sp³-hybridized carbons (Fsp3) is 0.286. The van der Waals surface area contributed by atoms with E-state index in [1.807, 2.05) is 0 Å². The van der Waals surface area contributed by atoms with Crippen LogP contribution < -0.4 is 11.1 Å². The van der Waals surface area contributed by atoms with Crippen LogP contribution in [0.3, 0.4) is 0 Å². The molecule has 1 aromatic carbocycles. The van der Waals surface area contributed by atoms with Crippen LogP contribution >= 0.6 is 0 Å². The number of rotatable bonds is 3. The minimum atomic E-state index is -0.609. The van der Waals surface area contributed by atoms with Gasteiger partial charge in [-0.15, -0.1) is 0 Å². The fourth-order valence-corrected chi connectivity index (χ4v) is 2.19. The number of para-hydroxylation sites is 1. The van der Waals surface area contributed by atoms with Gasteiger partial charge in [0.25, 0.3) is 5.91 Å². The van der Waals surface area contributed by atoms with Crippen LogP contribution in [0.5, 0.6) is 0 Å². The number of nitrogens with zero attached hydrogens (tertiary/aromatic N) is 1. The topological polar surface area (TPSA) is 81.2 Å². The molecule has 1 atom stereocenters. The van der Waals surface area contributed by atoms with E-state index < -0.39 is 11.7 Å². The highest BCUT2D eigenvalue weighted by Gasteiger charge is 2.20. The zero-order valence-corrected chi connectivity index (χ0v) is 11.5. The summed E-state index contributed by atoms with van der Waals surface area (Å²) in [6, 6.07) is 3.83. The van der Waals surface area contributed by atoms with Crippen molar-refractivity contribution in [1.29, 1.82) is 0 Å². The minimum absolute atomic E-state index is 0.114. The second-order valence-corrected chi connectivity index (χ2v) is 4.63. The number of halogens is 1. The maximum Gasteiger partial charge on any atom is 0.253 e. The maximum atomic E-state index is 13.3. The predicted molar refractivity (Wildman–Crippen MR) is 72.7 cm³/mol. The highest BCUT2D eigenvalue weighted by molar-refractivity contribution is 5.99. The molecule has 0 aliphatic heterocycles. The number of aromatic nitrogens is 1. The summed E-state index contributed by atoms with van der Waals surface area (Å²) in [5.41, 5.74) is 7.05. The summed E-state index contributed by atoms with van der Waals surface area (Å²) >= 11 is 0. The van der Waals surface area contributed by atoms with E-state index in [-0.39, 0.29) is 17.3 Å². The largest absolute Gasteiger partial charge is 0.396 e. The van der Waals surface area contributed by atoms with Crippen molar-refractivity contribution in [1.82, 2.24) is 10.5 Å². The van der Waals surface area contributed by atoms with Gasteiger partial charge in [0.15, 0.2) is 0 Å². The lowest BCUT2D eigenvalue weighted by Gasteiger charge is -2.14. The van der Waals surface area contributed by atoms with Crippen LogP contribution in [-0.4, -0.2) is 11.1 Å². The third-order valence-corrected chi connectivity index (χ3v) is 3.17. The number of hydrogen-bond donors (Lipinski definition) is 2. The third-order valence-electron chi connectivity index (χ3n) is 3.17. The number of nitrogens with one attached hydrogen (secondary N) is 1. The van der Waals surface area contributed by atoms with Crippen LogP contribution in [-0.2, 0) is 0 Å². The lowest BCUT2D eigenvalue weighted by atomic mass is 10.1. The van der Waals surface area contributed by atoms with Crippen molar-refractivity contribution in [2.24, 2.45) is 0 Å². The molecule has 0 spiro atoms. The zero-order chi connectivity index (χ0) is 14.9. The first kappa shape index (κ1) is 14.0. The third kappa shape index (κ3) is 2.49. The Morgan fingerprint density at radius 3 is 2.75 bits per heavy atom. The van der Waals surface area contributed by atoms with Crippen LogP contribution in [0.25, 0.3) is 0 Å². The van der Waals surface area contributed by atoms with Gasteiger partial charge in [0.05, 0.1) is 23.0 Å². The standard InChI is InChI=1S/C14H16FN3O2/c1-7(12-8(2)18-20-9(12)3)17-14(19)10-5-4-6-11(15)13(10)16/h4-7H,16H2,1-3H3,(H,17,19). The number of nitrogen functional groups attached to an aromatic ring is 1. The highest BCUT2D eigenvalue weighted by atomic mass is 19.1. The first-order chi connectivity index (χ1) is 9.41. The molecule has 1 aromatic heterocycles. The zero-order valence-electron chi connectivity index (χ0n) is 11.5. The summed E-state index contributed by atoms with van der Waals surface area (Å²) in [5, 5.41) is 6.60. The molecule has 20 heavy (non-hydrogen) atoms. The van der Waals surface area contributed by atoms with Crippen molar-refractivity contribution in [2.75, 3.05) is 5.73 Å². The number of benzene rings is 1. The molecule has 0 aliphatic rings. The van der Waals surface area contributed by atoms with Crippen LogP contribution in [0.1, 0.15) is 40.3 Å². The number of nitrogens with two attached hydrogens (primary N) is 1. The molecule has 0 fully saturated rings. The summed E-state index contributed by atoms with van der Waals surface area (Å²) in [4.78, 5) is 12.1. The average Bonchev–Trinajstić information content (AvgIpc) is 2.72. The van der Waals surface area contributed by atoms with Gasteiger partial charge in [-0.05, 0) is 32.9 Å². The SMILES string of the molecule is Cc1noc(C)c1C(C)NC(=O)c1cccc(F)c1N. The normalized spacial score (nSPS) is 12.2. The van der Waals surface area contributed by atoms with Crippen molar-refractivity contribution in [3.63, 3.8) is 0 Å². The monoisotopic (exact) mass is 277 g/mol. The molecular weight excluding hydrogens is 261 g/mol. The Bertz CT molecular complexity index is 632. The molecule has 3 N–H and O–H groups in total. The smallest absolute Gasteiger partial charge is 0.253 e. The molecule has 0 bridgehead atoms. The van der Waals surface area contributed by atoms with E-state index in [9.17, 15) is 9.18 Å². The van der Waals surface area contributed by atoms with Gasteiger partial charge in [-0.2, -0.15) is 0 Å². The molecule has 106 valence electrons. The summed E-state index contributed by atoms with van der Waals surface area (Å²) in [5.74, 6) is -0.403. The van der Waals surface area contributed by atoms with E-state index in [2.05, 4.69) is 10.5 Å².